The van der Waals surface area contributed by atoms with E-state index in [2.05, 4.69) is 17.2 Å². The van der Waals surface area contributed by atoms with Gasteiger partial charge in [-0.05, 0) is 48.7 Å². The highest BCUT2D eigenvalue weighted by molar-refractivity contribution is 5.33. The van der Waals surface area contributed by atoms with Crippen LogP contribution in [-0.4, -0.2) is 11.5 Å². The molecular weight excluding hydrogens is 239 g/mol. The Morgan fingerprint density at radius 3 is 2.74 bits per heavy atom. The van der Waals surface area contributed by atoms with Crippen LogP contribution in [0.5, 0.6) is 0 Å². The first-order chi connectivity index (χ1) is 9.22. The van der Waals surface area contributed by atoms with Gasteiger partial charge >= 0.3 is 0 Å². The van der Waals surface area contributed by atoms with Crippen LogP contribution >= 0.6 is 0 Å². The summed E-state index contributed by atoms with van der Waals surface area (Å²) in [4.78, 5) is 4.17. The molecule has 0 radical (unpaired) electrons. The Labute approximate surface area is 113 Å². The van der Waals surface area contributed by atoms with Crippen LogP contribution in [0, 0.1) is 12.7 Å². The molecule has 0 aliphatic heterocycles. The smallest absolute Gasteiger partial charge is 0.126 e. The van der Waals surface area contributed by atoms with Crippen LogP contribution in [0.4, 0.5) is 4.39 Å². The maximum Gasteiger partial charge on any atom is 0.126 e. The number of aromatic nitrogens is 1. The first-order valence-corrected chi connectivity index (χ1v) is 6.61. The number of nitrogens with zero attached hydrogens (tertiary/aromatic N) is 1. The minimum absolute atomic E-state index is 0.0629. The Balaban J connectivity index is 2.34. The van der Waals surface area contributed by atoms with Crippen LogP contribution in [0.2, 0.25) is 0 Å². The van der Waals surface area contributed by atoms with E-state index in [0.717, 1.165) is 24.1 Å². The average molecular weight is 258 g/mol. The number of rotatable bonds is 5. The lowest BCUT2D eigenvalue weighted by atomic mass is 9.98. The van der Waals surface area contributed by atoms with E-state index in [1.54, 1.807) is 13.1 Å². The monoisotopic (exact) mass is 258 g/mol. The van der Waals surface area contributed by atoms with Gasteiger partial charge in [0.05, 0.1) is 6.04 Å². The molecule has 100 valence electrons. The van der Waals surface area contributed by atoms with Crippen LogP contribution in [-0.2, 0) is 0 Å². The fourth-order valence-electron chi connectivity index (χ4n) is 2.11. The van der Waals surface area contributed by atoms with Gasteiger partial charge in [-0.2, -0.15) is 0 Å². The number of pyridine rings is 1. The highest BCUT2D eigenvalue weighted by Gasteiger charge is 2.14. The molecule has 0 spiro atoms. The predicted molar refractivity (Wildman–Crippen MR) is 75.5 cm³/mol. The Kier molecular flexibility index (Phi) is 4.63. The summed E-state index contributed by atoms with van der Waals surface area (Å²) in [7, 11) is 0. The number of hydrogen-bond donors (Lipinski definition) is 1. The molecule has 2 nitrogen and oxygen atoms in total. The van der Waals surface area contributed by atoms with Crippen molar-refractivity contribution >= 4 is 0 Å². The lowest BCUT2D eigenvalue weighted by Gasteiger charge is -2.19. The molecule has 2 aromatic rings. The molecule has 0 aliphatic carbocycles. The van der Waals surface area contributed by atoms with Gasteiger partial charge in [-0.3, -0.25) is 4.98 Å². The summed E-state index contributed by atoms with van der Waals surface area (Å²) in [5, 5.41) is 3.49. The Morgan fingerprint density at radius 1 is 1.26 bits per heavy atom. The van der Waals surface area contributed by atoms with Gasteiger partial charge in [-0.1, -0.05) is 25.1 Å². The molecule has 0 saturated carbocycles. The third-order valence-electron chi connectivity index (χ3n) is 3.13. The van der Waals surface area contributed by atoms with E-state index in [0.29, 0.717) is 5.56 Å². The molecule has 1 heterocycles. The normalized spacial score (nSPS) is 12.4. The Bertz CT molecular complexity index is 526. The van der Waals surface area contributed by atoms with E-state index in [1.807, 2.05) is 30.5 Å². The zero-order valence-electron chi connectivity index (χ0n) is 11.4. The van der Waals surface area contributed by atoms with E-state index in [4.69, 9.17) is 0 Å². The average Bonchev–Trinajstić information content (AvgIpc) is 2.44. The van der Waals surface area contributed by atoms with Crippen molar-refractivity contribution in [1.82, 2.24) is 10.3 Å². The second kappa shape index (κ2) is 6.43. The molecule has 1 aromatic heterocycles. The topological polar surface area (TPSA) is 24.9 Å². The largest absolute Gasteiger partial charge is 0.306 e. The Morgan fingerprint density at radius 2 is 2.11 bits per heavy atom. The molecule has 0 fully saturated rings. The fraction of sp³-hybridized carbons (Fsp3) is 0.312. The fourth-order valence-corrected chi connectivity index (χ4v) is 2.11. The van der Waals surface area contributed by atoms with Gasteiger partial charge in [0.2, 0.25) is 0 Å². The van der Waals surface area contributed by atoms with Crippen LogP contribution < -0.4 is 5.32 Å². The van der Waals surface area contributed by atoms with Crippen molar-refractivity contribution < 1.29 is 4.39 Å². The van der Waals surface area contributed by atoms with Crippen LogP contribution in [0.15, 0.2) is 42.7 Å². The molecule has 3 heteroatoms. The van der Waals surface area contributed by atoms with Gasteiger partial charge in [0, 0.05) is 12.4 Å². The summed E-state index contributed by atoms with van der Waals surface area (Å²) in [6, 6.07) is 9.29. The summed E-state index contributed by atoms with van der Waals surface area (Å²) >= 11 is 0. The summed E-state index contributed by atoms with van der Waals surface area (Å²) in [5.41, 5.74) is 2.84. The third kappa shape index (κ3) is 3.38. The van der Waals surface area contributed by atoms with Crippen LogP contribution in [0.1, 0.15) is 36.1 Å². The highest BCUT2D eigenvalue weighted by atomic mass is 19.1. The van der Waals surface area contributed by atoms with E-state index in [1.165, 1.54) is 6.07 Å². The molecule has 2 rings (SSSR count). The summed E-state index contributed by atoms with van der Waals surface area (Å²) in [6.07, 6.45) is 4.67. The Hall–Kier alpha value is -1.74. The molecule has 1 aromatic carbocycles. The molecule has 0 bridgehead atoms. The van der Waals surface area contributed by atoms with Crippen LogP contribution in [0.25, 0.3) is 0 Å². The van der Waals surface area contributed by atoms with Gasteiger partial charge in [-0.15, -0.1) is 0 Å². The summed E-state index contributed by atoms with van der Waals surface area (Å²) < 4.78 is 13.4. The van der Waals surface area contributed by atoms with Gasteiger partial charge in [0.15, 0.2) is 0 Å². The number of hydrogen-bond acceptors (Lipinski definition) is 2. The highest BCUT2D eigenvalue weighted by Crippen LogP contribution is 2.23. The van der Waals surface area contributed by atoms with Gasteiger partial charge in [0.1, 0.15) is 5.82 Å². The number of halogens is 1. The minimum Gasteiger partial charge on any atom is -0.306 e. The summed E-state index contributed by atoms with van der Waals surface area (Å²) in [5.74, 6) is -0.163. The van der Waals surface area contributed by atoms with Crippen molar-refractivity contribution in [2.45, 2.75) is 26.3 Å². The van der Waals surface area contributed by atoms with Gasteiger partial charge in [0.25, 0.3) is 0 Å². The van der Waals surface area contributed by atoms with Gasteiger partial charge in [-0.25, -0.2) is 4.39 Å². The SMILES string of the molecule is CCCN[C@H](c1cccnc1)c1ccc(F)c(C)c1. The maximum atomic E-state index is 13.4. The quantitative estimate of drug-likeness (QED) is 0.886. The lowest BCUT2D eigenvalue weighted by molar-refractivity contribution is 0.589. The van der Waals surface area contributed by atoms with Crippen LogP contribution in [0.3, 0.4) is 0 Å². The van der Waals surface area contributed by atoms with E-state index >= 15 is 0 Å². The van der Waals surface area contributed by atoms with E-state index < -0.39 is 0 Å². The van der Waals surface area contributed by atoms with Crippen molar-refractivity contribution in [2.75, 3.05) is 6.54 Å². The number of aryl methyl sites for hydroxylation is 1. The molecular formula is C16H19FN2. The number of nitrogens with one attached hydrogen (secondary N) is 1. The molecule has 1 N–H and O–H groups in total. The first kappa shape index (κ1) is 13.7. The zero-order chi connectivity index (χ0) is 13.7. The molecule has 0 amide bonds. The lowest BCUT2D eigenvalue weighted by Crippen LogP contribution is -2.23. The third-order valence-corrected chi connectivity index (χ3v) is 3.13. The van der Waals surface area contributed by atoms with Gasteiger partial charge < -0.3 is 5.32 Å². The van der Waals surface area contributed by atoms with E-state index in [-0.39, 0.29) is 11.9 Å². The summed E-state index contributed by atoms with van der Waals surface area (Å²) in [6.45, 7) is 4.83. The van der Waals surface area contributed by atoms with Crippen molar-refractivity contribution in [1.29, 1.82) is 0 Å². The molecule has 1 atom stereocenters. The molecule has 0 unspecified atom stereocenters. The van der Waals surface area contributed by atoms with Crippen molar-refractivity contribution in [2.24, 2.45) is 0 Å². The second-order valence-corrected chi connectivity index (χ2v) is 4.68. The molecule has 0 aliphatic rings. The van der Waals surface area contributed by atoms with Crippen molar-refractivity contribution in [3.63, 3.8) is 0 Å². The molecule has 0 saturated heterocycles. The molecule has 19 heavy (non-hydrogen) atoms. The van der Waals surface area contributed by atoms with Crippen molar-refractivity contribution in [3.8, 4) is 0 Å². The van der Waals surface area contributed by atoms with Crippen molar-refractivity contribution in [3.05, 3.63) is 65.2 Å². The number of benzene rings is 1. The zero-order valence-corrected chi connectivity index (χ0v) is 11.4. The second-order valence-electron chi connectivity index (χ2n) is 4.68. The van der Waals surface area contributed by atoms with E-state index in [9.17, 15) is 4.39 Å². The first-order valence-electron chi connectivity index (χ1n) is 6.61. The standard InChI is InChI=1S/C16H19FN2/c1-3-8-19-16(14-5-4-9-18-11-14)13-6-7-15(17)12(2)10-13/h4-7,9-11,16,19H,3,8H2,1-2H3/t16-/m0/s1. The maximum absolute atomic E-state index is 13.4. The minimum atomic E-state index is -0.163. The predicted octanol–water partition coefficient (Wildman–Crippen LogP) is 3.62.